The van der Waals surface area contributed by atoms with Crippen LogP contribution in [0.2, 0.25) is 0 Å². The van der Waals surface area contributed by atoms with E-state index in [0.29, 0.717) is 12.0 Å². The molecule has 11 atom stereocenters. The zero-order chi connectivity index (χ0) is 63.1. The summed E-state index contributed by atoms with van der Waals surface area (Å²) in [6, 6.07) is -4.80. The average molecular weight is 1180 g/mol. The fraction of sp³-hybridized carbons (Fsp3) is 0.642. The number of hydrogen-bond acceptors (Lipinski definition) is 16. The zero-order valence-electron chi connectivity index (χ0n) is 48.2. The number of benzene rings is 1. The molecule has 0 saturated heterocycles. The standard InChI is InChI=1S/C53H88N14O16/c1-8-29(6)42(50(80)62-34(19-20-39(70)71)46(76)60-32(17-12-13-21-54)45(75)63-36(25-40(72)73)48(78)65-37(52(82)83)23-27(2)3)67-47(77)33(18-14-22-58-53(56)57)61-51(81)43(30(7)68)66-38(69)26-59-44(74)35(24-31-15-10-9-11-16-31)64-49(79)41(55)28(4)5/h9-11,15-16,27-30,32-37,41-43,68H,8,12-14,17-26,54-55H2,1-7H3,(H,59,74)(H,60,76)(H,61,81)(H,62,80)(H,63,75)(H,64,79)(H,65,78)(H,66,69)(H,67,77)(H,70,71)(H,72,73)(H,82,83)(H4,56,57,58)/t29-,30+,32-,33-,34-,35-,36-,37-,41-,42-,43-/m0/s1. The molecule has 0 unspecified atom stereocenters. The molecule has 1 aromatic carbocycles. The van der Waals surface area contributed by atoms with Crippen LogP contribution in [-0.4, -0.2) is 178 Å². The molecule has 466 valence electrons. The Bertz CT molecular complexity index is 2370. The van der Waals surface area contributed by atoms with Crippen LogP contribution in [0.25, 0.3) is 0 Å². The monoisotopic (exact) mass is 1180 g/mol. The van der Waals surface area contributed by atoms with E-state index in [4.69, 9.17) is 22.9 Å². The first-order valence-electron chi connectivity index (χ1n) is 27.5. The summed E-state index contributed by atoms with van der Waals surface area (Å²) in [5.74, 6) is -14.7. The normalized spacial score (nSPS) is 15.1. The second-order valence-electron chi connectivity index (χ2n) is 20.9. The number of aliphatic carboxylic acids is 3. The number of nitrogens with two attached hydrogens (primary N) is 4. The molecule has 1 rings (SSSR count). The van der Waals surface area contributed by atoms with Crippen LogP contribution in [0.1, 0.15) is 118 Å². The van der Waals surface area contributed by atoms with Gasteiger partial charge in [-0.2, -0.15) is 0 Å². The number of aliphatic hydroxyl groups excluding tert-OH is 1. The van der Waals surface area contributed by atoms with E-state index in [1.54, 1.807) is 71.9 Å². The maximum Gasteiger partial charge on any atom is 0.326 e. The maximum atomic E-state index is 14.3. The first-order chi connectivity index (χ1) is 38.9. The van der Waals surface area contributed by atoms with Crippen molar-refractivity contribution in [2.45, 2.75) is 180 Å². The summed E-state index contributed by atoms with van der Waals surface area (Å²) < 4.78 is 0. The number of aliphatic hydroxyl groups is 1. The summed E-state index contributed by atoms with van der Waals surface area (Å²) in [5, 5.41) is 61.4. The van der Waals surface area contributed by atoms with Gasteiger partial charge in [-0.1, -0.05) is 78.3 Å². The minimum absolute atomic E-state index is 0.0232. The van der Waals surface area contributed by atoms with Crippen LogP contribution in [0.15, 0.2) is 35.3 Å². The molecular formula is C53H88N14O16. The molecule has 0 heterocycles. The van der Waals surface area contributed by atoms with Crippen LogP contribution in [-0.2, 0) is 64.0 Å². The van der Waals surface area contributed by atoms with E-state index in [2.05, 4.69) is 52.8 Å². The molecule has 1 aromatic rings. The predicted octanol–water partition coefficient (Wildman–Crippen LogP) is -3.71. The van der Waals surface area contributed by atoms with E-state index in [9.17, 15) is 78.0 Å². The molecule has 21 N–H and O–H groups in total. The highest BCUT2D eigenvalue weighted by molar-refractivity contribution is 5.99. The van der Waals surface area contributed by atoms with Crippen molar-refractivity contribution in [1.82, 2.24) is 47.9 Å². The van der Waals surface area contributed by atoms with Crippen molar-refractivity contribution in [3.05, 3.63) is 35.9 Å². The lowest BCUT2D eigenvalue weighted by Gasteiger charge is -2.30. The Balaban J connectivity index is 3.52. The molecule has 0 aliphatic carbocycles. The first kappa shape index (κ1) is 73.0. The number of unbranched alkanes of at least 4 members (excludes halogenated alkanes) is 1. The van der Waals surface area contributed by atoms with Crippen molar-refractivity contribution >= 4 is 77.0 Å². The van der Waals surface area contributed by atoms with Crippen LogP contribution in [0.5, 0.6) is 0 Å². The average Bonchev–Trinajstić information content (AvgIpc) is 3.59. The van der Waals surface area contributed by atoms with Crippen LogP contribution >= 0.6 is 0 Å². The van der Waals surface area contributed by atoms with Gasteiger partial charge in [0, 0.05) is 19.4 Å². The van der Waals surface area contributed by atoms with Gasteiger partial charge in [-0.15, -0.1) is 0 Å². The molecule has 30 nitrogen and oxygen atoms in total. The molecule has 0 saturated carbocycles. The lowest BCUT2D eigenvalue weighted by Crippen LogP contribution is -2.61. The summed E-state index contributed by atoms with van der Waals surface area (Å²) in [6.45, 7) is 10.6. The quantitative estimate of drug-likeness (QED) is 0.0171. The molecule has 0 aliphatic heterocycles. The summed E-state index contributed by atoms with van der Waals surface area (Å²) in [4.78, 5) is 163. The van der Waals surface area contributed by atoms with E-state index < -0.39 is 163 Å². The lowest BCUT2D eigenvalue weighted by molar-refractivity contribution is -0.144. The highest BCUT2D eigenvalue weighted by Crippen LogP contribution is 2.14. The van der Waals surface area contributed by atoms with E-state index >= 15 is 0 Å². The predicted molar refractivity (Wildman–Crippen MR) is 302 cm³/mol. The Morgan fingerprint density at radius 3 is 1.58 bits per heavy atom. The molecule has 83 heavy (non-hydrogen) atoms. The third-order valence-corrected chi connectivity index (χ3v) is 13.0. The lowest BCUT2D eigenvalue weighted by atomic mass is 9.96. The van der Waals surface area contributed by atoms with Gasteiger partial charge in [-0.05, 0) is 81.7 Å². The fourth-order valence-corrected chi connectivity index (χ4v) is 7.99. The van der Waals surface area contributed by atoms with Gasteiger partial charge < -0.3 is 91.2 Å². The number of carbonyl (C=O) groups is 12. The summed E-state index contributed by atoms with van der Waals surface area (Å²) in [5.41, 5.74) is 23.3. The van der Waals surface area contributed by atoms with E-state index in [1.807, 2.05) is 0 Å². The van der Waals surface area contributed by atoms with Crippen molar-refractivity contribution in [2.75, 3.05) is 19.6 Å². The molecule has 0 spiro atoms. The maximum absolute atomic E-state index is 14.3. The Labute approximate surface area is 482 Å². The number of carboxylic acid groups (broad SMARTS) is 3. The van der Waals surface area contributed by atoms with Gasteiger partial charge in [0.2, 0.25) is 53.2 Å². The molecular weight excluding hydrogens is 1090 g/mol. The van der Waals surface area contributed by atoms with Crippen molar-refractivity contribution in [3.8, 4) is 0 Å². The first-order valence-corrected chi connectivity index (χ1v) is 27.5. The smallest absolute Gasteiger partial charge is 0.326 e. The highest BCUT2D eigenvalue weighted by atomic mass is 16.4. The van der Waals surface area contributed by atoms with Crippen molar-refractivity contribution < 1.29 is 78.0 Å². The molecule has 0 fully saturated rings. The number of nitrogens with one attached hydrogen (secondary N) is 9. The number of carbonyl (C=O) groups excluding carboxylic acids is 9. The summed E-state index contributed by atoms with van der Waals surface area (Å²) in [7, 11) is 0. The minimum Gasteiger partial charge on any atom is -0.481 e. The van der Waals surface area contributed by atoms with Crippen LogP contribution in [0.4, 0.5) is 0 Å². The second-order valence-corrected chi connectivity index (χ2v) is 20.9. The summed E-state index contributed by atoms with van der Waals surface area (Å²) >= 11 is 0. The van der Waals surface area contributed by atoms with Gasteiger partial charge in [0.15, 0.2) is 5.96 Å². The molecule has 0 aromatic heterocycles. The zero-order valence-corrected chi connectivity index (χ0v) is 48.2. The minimum atomic E-state index is -1.83. The number of guanidine groups is 1. The topological polar surface area (TPSA) is 510 Å². The van der Waals surface area contributed by atoms with E-state index in [1.165, 1.54) is 0 Å². The molecule has 30 heteroatoms. The number of amides is 9. The fourth-order valence-electron chi connectivity index (χ4n) is 7.99. The third-order valence-electron chi connectivity index (χ3n) is 13.0. The Hall–Kier alpha value is -7.99. The van der Waals surface area contributed by atoms with E-state index in [0.717, 1.165) is 6.92 Å². The van der Waals surface area contributed by atoms with E-state index in [-0.39, 0.29) is 75.8 Å². The molecule has 0 aliphatic rings. The molecule has 0 bridgehead atoms. The van der Waals surface area contributed by atoms with Gasteiger partial charge in [-0.25, -0.2) is 4.79 Å². The highest BCUT2D eigenvalue weighted by Gasteiger charge is 2.37. The number of nitrogens with zero attached hydrogens (tertiary/aromatic N) is 1. The Kier molecular flexibility index (Phi) is 33.4. The molecule has 9 amide bonds. The van der Waals surface area contributed by atoms with Crippen molar-refractivity contribution in [1.29, 1.82) is 0 Å². The number of rotatable bonds is 40. The van der Waals surface area contributed by atoms with Gasteiger partial charge in [0.1, 0.15) is 48.3 Å². The number of hydrogen-bond donors (Lipinski definition) is 17. The van der Waals surface area contributed by atoms with Crippen molar-refractivity contribution in [3.63, 3.8) is 0 Å². The third kappa shape index (κ3) is 28.5. The summed E-state index contributed by atoms with van der Waals surface area (Å²) in [6.07, 6.45) is -3.51. The molecule has 0 radical (unpaired) electrons. The Morgan fingerprint density at radius 2 is 1.07 bits per heavy atom. The van der Waals surface area contributed by atoms with Crippen LogP contribution < -0.4 is 70.8 Å². The largest absolute Gasteiger partial charge is 0.481 e. The van der Waals surface area contributed by atoms with Crippen LogP contribution in [0, 0.1) is 17.8 Å². The van der Waals surface area contributed by atoms with Crippen LogP contribution in [0.3, 0.4) is 0 Å². The number of carboxylic acids is 3. The van der Waals surface area contributed by atoms with Gasteiger partial charge >= 0.3 is 17.9 Å². The van der Waals surface area contributed by atoms with Gasteiger partial charge in [-0.3, -0.25) is 57.7 Å². The van der Waals surface area contributed by atoms with Gasteiger partial charge in [0.25, 0.3) is 0 Å². The second kappa shape index (κ2) is 37.9. The van der Waals surface area contributed by atoms with Crippen molar-refractivity contribution in [2.24, 2.45) is 45.7 Å². The SMILES string of the molecule is CC[C@H](C)[C@H](NC(=O)[C@H](CCCN=C(N)N)NC(=O)[C@@H](NC(=O)CNC(=O)[C@H](Cc1ccccc1)NC(=O)[C@@H](N)C(C)C)[C@@H](C)O)C(=O)N[C@@H](CCC(=O)O)C(=O)N[C@@H](CCCCN)C(=O)N[C@@H](CC(=O)O)C(=O)N[C@@H](CC(C)C)C(=O)O. The Morgan fingerprint density at radius 1 is 0.566 bits per heavy atom. The number of aliphatic imine (C=N–C) groups is 1. The van der Waals surface area contributed by atoms with Gasteiger partial charge in [0.05, 0.1) is 25.1 Å².